The summed E-state index contributed by atoms with van der Waals surface area (Å²) in [5.41, 5.74) is 4.13. The van der Waals surface area contributed by atoms with Crippen LogP contribution in [0.4, 0.5) is 0 Å². The van der Waals surface area contributed by atoms with Gasteiger partial charge < -0.3 is 18.9 Å². The summed E-state index contributed by atoms with van der Waals surface area (Å²) in [5, 5.41) is 0. The minimum atomic E-state index is -0.540. The molecule has 4 rings (SSSR count). The monoisotopic (exact) mass is 434 g/mol. The number of esters is 2. The first-order valence-electron chi connectivity index (χ1n) is 10.6. The minimum absolute atomic E-state index is 0.201. The summed E-state index contributed by atoms with van der Waals surface area (Å²) in [4.78, 5) is 24.4. The number of benzene rings is 2. The normalized spacial score (nSPS) is 24.7. The predicted molar refractivity (Wildman–Crippen MR) is 120 cm³/mol. The zero-order valence-electron chi connectivity index (χ0n) is 18.1. The molecule has 166 valence electrons. The topological polar surface area (TPSA) is 71.1 Å². The van der Waals surface area contributed by atoms with Gasteiger partial charge in [-0.15, -0.1) is 0 Å². The van der Waals surface area contributed by atoms with E-state index in [9.17, 15) is 9.59 Å². The number of hydrogen-bond acceptors (Lipinski definition) is 6. The van der Waals surface area contributed by atoms with E-state index < -0.39 is 36.4 Å². The summed E-state index contributed by atoms with van der Waals surface area (Å²) >= 11 is 0. The van der Waals surface area contributed by atoms with Crippen LogP contribution in [0.15, 0.2) is 60.7 Å². The van der Waals surface area contributed by atoms with E-state index in [0.717, 1.165) is 22.3 Å². The summed E-state index contributed by atoms with van der Waals surface area (Å²) in [5.74, 6) is -0.935. The average Bonchev–Trinajstić information content (AvgIpc) is 3.36. The molecule has 0 spiro atoms. The van der Waals surface area contributed by atoms with Crippen molar-refractivity contribution in [3.8, 4) is 0 Å². The van der Waals surface area contributed by atoms with Crippen LogP contribution in [0.1, 0.15) is 22.3 Å². The molecule has 2 aliphatic rings. The maximum atomic E-state index is 12.2. The molecule has 0 saturated carbocycles. The smallest absolute Gasteiger partial charge is 0.331 e. The molecule has 6 heteroatoms. The van der Waals surface area contributed by atoms with Crippen LogP contribution in [-0.4, -0.2) is 49.6 Å². The summed E-state index contributed by atoms with van der Waals surface area (Å²) in [6, 6.07) is 15.6. The molecule has 1 unspecified atom stereocenters. The van der Waals surface area contributed by atoms with Gasteiger partial charge in [0, 0.05) is 12.2 Å². The molecular weight excluding hydrogens is 408 g/mol. The molecule has 0 amide bonds. The highest BCUT2D eigenvalue weighted by molar-refractivity contribution is 5.87. The Labute approximate surface area is 187 Å². The van der Waals surface area contributed by atoms with Gasteiger partial charge in [0.1, 0.15) is 12.2 Å². The van der Waals surface area contributed by atoms with E-state index in [0.29, 0.717) is 0 Å². The van der Waals surface area contributed by atoms with Crippen molar-refractivity contribution in [2.75, 3.05) is 13.2 Å². The molecule has 2 saturated heterocycles. The first-order chi connectivity index (χ1) is 15.5. The maximum absolute atomic E-state index is 12.2. The Morgan fingerprint density at radius 2 is 1.09 bits per heavy atom. The number of carbonyl (C=O) groups excluding carboxylic acids is 2. The summed E-state index contributed by atoms with van der Waals surface area (Å²) in [6.45, 7) is 4.41. The molecule has 2 fully saturated rings. The van der Waals surface area contributed by atoms with Gasteiger partial charge in [0.2, 0.25) is 0 Å². The van der Waals surface area contributed by atoms with Crippen molar-refractivity contribution in [2.45, 2.75) is 38.3 Å². The molecule has 2 aromatic rings. The molecule has 0 bridgehead atoms. The van der Waals surface area contributed by atoms with E-state index in [-0.39, 0.29) is 13.2 Å². The lowest BCUT2D eigenvalue weighted by molar-refractivity contribution is -0.149. The molecule has 0 aromatic heterocycles. The summed E-state index contributed by atoms with van der Waals surface area (Å²) in [6.07, 6.45) is 4.20. The van der Waals surface area contributed by atoms with E-state index in [1.807, 2.05) is 62.4 Å². The van der Waals surface area contributed by atoms with Crippen molar-refractivity contribution < 1.29 is 28.5 Å². The van der Waals surface area contributed by atoms with E-state index in [4.69, 9.17) is 18.9 Å². The van der Waals surface area contributed by atoms with Crippen LogP contribution >= 0.6 is 0 Å². The predicted octanol–water partition coefficient (Wildman–Crippen LogP) is 3.65. The molecule has 2 aliphatic heterocycles. The Bertz CT molecular complexity index is 922. The minimum Gasteiger partial charge on any atom is -0.454 e. The van der Waals surface area contributed by atoms with E-state index in [2.05, 4.69) is 0 Å². The molecule has 2 aromatic carbocycles. The third-order valence-corrected chi connectivity index (χ3v) is 5.48. The third-order valence-electron chi connectivity index (χ3n) is 5.48. The highest BCUT2D eigenvalue weighted by atomic mass is 16.7. The number of ether oxygens (including phenoxy) is 4. The summed E-state index contributed by atoms with van der Waals surface area (Å²) in [7, 11) is 0. The lowest BCUT2D eigenvalue weighted by Crippen LogP contribution is -2.35. The standard InChI is InChI=1S/C26H26O6/c1-17-3-7-19(8-4-17)11-13-23(27)31-21-15-29-26-22(16-30-25(21)26)32-24(28)14-12-20-9-5-18(2)6-10-20/h3-14,21-22,25-26H,15-16H2,1-2H3/b13-11+,14-12+/t21-,22?,25-,26-/m1/s1. The Hall–Kier alpha value is -3.22. The average molecular weight is 434 g/mol. The molecule has 4 atom stereocenters. The maximum Gasteiger partial charge on any atom is 0.331 e. The van der Waals surface area contributed by atoms with Gasteiger partial charge in [-0.25, -0.2) is 9.59 Å². The van der Waals surface area contributed by atoms with Gasteiger partial charge in [-0.3, -0.25) is 0 Å². The molecule has 2 heterocycles. The van der Waals surface area contributed by atoms with Crippen LogP contribution in [0.3, 0.4) is 0 Å². The van der Waals surface area contributed by atoms with Crippen molar-refractivity contribution in [1.82, 2.24) is 0 Å². The number of carbonyl (C=O) groups is 2. The second-order valence-corrected chi connectivity index (χ2v) is 8.03. The fraction of sp³-hybridized carbons (Fsp3) is 0.308. The fourth-order valence-corrected chi connectivity index (χ4v) is 3.69. The number of hydrogen-bond donors (Lipinski definition) is 0. The largest absolute Gasteiger partial charge is 0.454 e. The summed E-state index contributed by atoms with van der Waals surface area (Å²) < 4.78 is 22.5. The Morgan fingerprint density at radius 3 is 1.47 bits per heavy atom. The molecule has 32 heavy (non-hydrogen) atoms. The van der Waals surface area contributed by atoms with E-state index in [1.165, 1.54) is 12.2 Å². The van der Waals surface area contributed by atoms with Gasteiger partial charge in [0.05, 0.1) is 13.2 Å². The number of rotatable bonds is 6. The van der Waals surface area contributed by atoms with Crippen molar-refractivity contribution in [1.29, 1.82) is 0 Å². The lowest BCUT2D eigenvalue weighted by Gasteiger charge is -2.16. The van der Waals surface area contributed by atoms with Crippen LogP contribution < -0.4 is 0 Å². The number of fused-ring (bicyclic) bond motifs is 1. The fourth-order valence-electron chi connectivity index (χ4n) is 3.69. The van der Waals surface area contributed by atoms with Crippen molar-refractivity contribution in [3.05, 3.63) is 82.9 Å². The first kappa shape index (κ1) is 22.0. The van der Waals surface area contributed by atoms with Crippen molar-refractivity contribution in [2.24, 2.45) is 0 Å². The van der Waals surface area contributed by atoms with Gasteiger partial charge in [-0.1, -0.05) is 59.7 Å². The third kappa shape index (κ3) is 5.52. The van der Waals surface area contributed by atoms with Crippen LogP contribution in [0.2, 0.25) is 0 Å². The molecule has 0 radical (unpaired) electrons. The van der Waals surface area contributed by atoms with Gasteiger partial charge in [-0.2, -0.15) is 0 Å². The van der Waals surface area contributed by atoms with Gasteiger partial charge in [-0.05, 0) is 37.1 Å². The highest BCUT2D eigenvalue weighted by Crippen LogP contribution is 2.30. The zero-order valence-corrected chi connectivity index (χ0v) is 18.1. The van der Waals surface area contributed by atoms with E-state index >= 15 is 0 Å². The Balaban J connectivity index is 1.27. The second kappa shape index (κ2) is 9.94. The molecule has 6 nitrogen and oxygen atoms in total. The van der Waals surface area contributed by atoms with Crippen LogP contribution in [0.25, 0.3) is 12.2 Å². The second-order valence-electron chi connectivity index (χ2n) is 8.03. The van der Waals surface area contributed by atoms with Crippen molar-refractivity contribution >= 4 is 24.1 Å². The van der Waals surface area contributed by atoms with Crippen LogP contribution in [0.5, 0.6) is 0 Å². The van der Waals surface area contributed by atoms with Gasteiger partial charge >= 0.3 is 11.9 Å². The van der Waals surface area contributed by atoms with Gasteiger partial charge in [0.15, 0.2) is 12.2 Å². The van der Waals surface area contributed by atoms with Crippen LogP contribution in [0, 0.1) is 13.8 Å². The van der Waals surface area contributed by atoms with Crippen molar-refractivity contribution in [3.63, 3.8) is 0 Å². The molecule has 0 N–H and O–H groups in total. The quantitative estimate of drug-likeness (QED) is 0.511. The SMILES string of the molecule is Cc1ccc(/C=C/C(=O)OC2CO[C@H]3[C@@H]2OC[C@H]3OC(=O)/C=C/c2ccc(C)cc2)cc1. The molecular formula is C26H26O6. The first-order valence-corrected chi connectivity index (χ1v) is 10.6. The van der Waals surface area contributed by atoms with Crippen LogP contribution in [-0.2, 0) is 28.5 Å². The number of aryl methyl sites for hydroxylation is 2. The Morgan fingerprint density at radius 1 is 0.719 bits per heavy atom. The zero-order chi connectivity index (χ0) is 22.5. The lowest BCUT2D eigenvalue weighted by atomic mass is 10.1. The van der Waals surface area contributed by atoms with Gasteiger partial charge in [0.25, 0.3) is 0 Å². The highest BCUT2D eigenvalue weighted by Gasteiger charge is 2.50. The van der Waals surface area contributed by atoms with E-state index in [1.54, 1.807) is 12.2 Å². The molecule has 0 aliphatic carbocycles. The Kier molecular flexibility index (Phi) is 6.83.